The topological polar surface area (TPSA) is 90.9 Å². The number of nitro benzene ring substituents is 1. The molecule has 7 heteroatoms. The molecule has 0 spiro atoms. The van der Waals surface area contributed by atoms with E-state index in [1.165, 1.54) is 29.1 Å². The van der Waals surface area contributed by atoms with Crippen molar-refractivity contribution in [2.45, 2.75) is 0 Å². The zero-order chi connectivity index (χ0) is 14.1. The van der Waals surface area contributed by atoms with E-state index in [2.05, 4.69) is 9.97 Å². The van der Waals surface area contributed by atoms with Crippen molar-refractivity contribution in [1.82, 2.24) is 14.5 Å². The first kappa shape index (κ1) is 12.0. The van der Waals surface area contributed by atoms with Gasteiger partial charge >= 0.3 is 0 Å². The van der Waals surface area contributed by atoms with Crippen molar-refractivity contribution in [3.05, 3.63) is 69.4 Å². The Morgan fingerprint density at radius 3 is 2.70 bits per heavy atom. The number of rotatable bonds is 2. The lowest BCUT2D eigenvalue weighted by Crippen LogP contribution is -2.19. The number of non-ortho nitro benzene ring substituents is 1. The van der Waals surface area contributed by atoms with Gasteiger partial charge in [-0.1, -0.05) is 6.07 Å². The summed E-state index contributed by atoms with van der Waals surface area (Å²) in [5.41, 5.74) is -0.125. The number of nitro groups is 1. The maximum Gasteiger partial charge on any atom is 0.270 e. The molecule has 98 valence electrons. The molecule has 0 aliphatic rings. The maximum atomic E-state index is 12.4. The molecule has 0 fully saturated rings. The molecule has 2 heterocycles. The van der Waals surface area contributed by atoms with Crippen molar-refractivity contribution >= 4 is 16.6 Å². The van der Waals surface area contributed by atoms with Crippen LogP contribution in [0.3, 0.4) is 0 Å². The Bertz CT molecular complexity index is 858. The lowest BCUT2D eigenvalue weighted by molar-refractivity contribution is -0.384. The van der Waals surface area contributed by atoms with Crippen molar-refractivity contribution in [1.29, 1.82) is 0 Å². The summed E-state index contributed by atoms with van der Waals surface area (Å²) in [5.74, 6) is 0.415. The smallest absolute Gasteiger partial charge is 0.268 e. The van der Waals surface area contributed by atoms with Gasteiger partial charge < -0.3 is 0 Å². The molecule has 0 saturated carbocycles. The van der Waals surface area contributed by atoms with Gasteiger partial charge in [0, 0.05) is 18.3 Å². The molecule has 0 radical (unpaired) electrons. The predicted molar refractivity (Wildman–Crippen MR) is 71.8 cm³/mol. The minimum absolute atomic E-state index is 0.143. The molecular weight excluding hydrogens is 260 g/mol. The van der Waals surface area contributed by atoms with Crippen LogP contribution in [0.15, 0.2) is 53.7 Å². The molecular formula is C13H8N4O3. The third kappa shape index (κ3) is 1.91. The van der Waals surface area contributed by atoms with E-state index < -0.39 is 10.5 Å². The van der Waals surface area contributed by atoms with Crippen molar-refractivity contribution in [2.75, 3.05) is 0 Å². The zero-order valence-electron chi connectivity index (χ0n) is 10.1. The molecule has 0 aliphatic heterocycles. The van der Waals surface area contributed by atoms with Gasteiger partial charge in [-0.25, -0.2) is 9.97 Å². The first-order valence-electron chi connectivity index (χ1n) is 5.74. The highest BCUT2D eigenvalue weighted by Gasteiger charge is 2.11. The first-order valence-corrected chi connectivity index (χ1v) is 5.74. The Morgan fingerprint density at radius 1 is 1.15 bits per heavy atom. The summed E-state index contributed by atoms with van der Waals surface area (Å²) < 4.78 is 1.26. The number of hydrogen-bond donors (Lipinski definition) is 0. The quantitative estimate of drug-likeness (QED) is 0.521. The van der Waals surface area contributed by atoms with Gasteiger partial charge in [0.05, 0.1) is 15.8 Å². The molecule has 7 nitrogen and oxygen atoms in total. The first-order chi connectivity index (χ1) is 9.66. The van der Waals surface area contributed by atoms with E-state index in [-0.39, 0.29) is 11.1 Å². The Morgan fingerprint density at radius 2 is 2.00 bits per heavy atom. The molecule has 0 saturated heterocycles. The summed E-state index contributed by atoms with van der Waals surface area (Å²) >= 11 is 0. The number of benzene rings is 1. The number of nitrogens with zero attached hydrogens (tertiary/aromatic N) is 4. The molecule has 2 aromatic heterocycles. The van der Waals surface area contributed by atoms with Crippen LogP contribution < -0.4 is 5.56 Å². The summed E-state index contributed by atoms with van der Waals surface area (Å²) in [6.07, 6.45) is 2.91. The fourth-order valence-corrected chi connectivity index (χ4v) is 1.88. The number of pyridine rings is 1. The van der Waals surface area contributed by atoms with Gasteiger partial charge in [0.15, 0.2) is 0 Å². The van der Waals surface area contributed by atoms with Gasteiger partial charge in [-0.15, -0.1) is 0 Å². The van der Waals surface area contributed by atoms with E-state index in [1.54, 1.807) is 24.4 Å². The minimum atomic E-state index is -0.545. The summed E-state index contributed by atoms with van der Waals surface area (Å²) in [4.78, 5) is 30.8. The molecule has 0 aliphatic carbocycles. The van der Waals surface area contributed by atoms with Crippen LogP contribution in [-0.4, -0.2) is 19.5 Å². The minimum Gasteiger partial charge on any atom is -0.268 e. The molecule has 0 atom stereocenters. The van der Waals surface area contributed by atoms with E-state index in [0.717, 1.165) is 0 Å². The lowest BCUT2D eigenvalue weighted by Gasteiger charge is -2.04. The molecule has 0 N–H and O–H groups in total. The van der Waals surface area contributed by atoms with Crippen molar-refractivity contribution in [3.8, 4) is 5.82 Å². The van der Waals surface area contributed by atoms with Crippen LogP contribution in [0.25, 0.3) is 16.7 Å². The second kappa shape index (κ2) is 4.54. The zero-order valence-corrected chi connectivity index (χ0v) is 10.1. The third-order valence-corrected chi connectivity index (χ3v) is 2.85. The Hall–Kier alpha value is -3.09. The Balaban J connectivity index is 2.29. The number of aromatic nitrogens is 3. The summed E-state index contributed by atoms with van der Waals surface area (Å²) in [7, 11) is 0. The van der Waals surface area contributed by atoms with Crippen molar-refractivity contribution in [2.24, 2.45) is 0 Å². The Labute approximate surface area is 112 Å². The maximum absolute atomic E-state index is 12.4. The van der Waals surface area contributed by atoms with Crippen LogP contribution in [0, 0.1) is 10.1 Å². The van der Waals surface area contributed by atoms with Crippen molar-refractivity contribution < 1.29 is 4.92 Å². The molecule has 0 bridgehead atoms. The monoisotopic (exact) mass is 268 g/mol. The van der Waals surface area contributed by atoms with Crippen LogP contribution in [0.5, 0.6) is 0 Å². The van der Waals surface area contributed by atoms with Gasteiger partial charge in [-0.3, -0.25) is 19.5 Å². The van der Waals surface area contributed by atoms with Gasteiger partial charge in [-0.05, 0) is 18.2 Å². The Kier molecular flexibility index (Phi) is 2.72. The number of fused-ring (bicyclic) bond motifs is 1. The second-order valence-electron chi connectivity index (χ2n) is 4.07. The van der Waals surface area contributed by atoms with E-state index >= 15 is 0 Å². The van der Waals surface area contributed by atoms with E-state index in [0.29, 0.717) is 11.3 Å². The van der Waals surface area contributed by atoms with Crippen LogP contribution in [-0.2, 0) is 0 Å². The van der Waals surface area contributed by atoms with Gasteiger partial charge in [0.25, 0.3) is 11.2 Å². The molecule has 1 aromatic carbocycles. The van der Waals surface area contributed by atoms with E-state index in [4.69, 9.17) is 0 Å². The van der Waals surface area contributed by atoms with Crippen LogP contribution in [0.4, 0.5) is 5.69 Å². The van der Waals surface area contributed by atoms with Crippen LogP contribution >= 0.6 is 0 Å². The molecule has 0 amide bonds. The van der Waals surface area contributed by atoms with Gasteiger partial charge in [0.1, 0.15) is 12.1 Å². The van der Waals surface area contributed by atoms with Crippen LogP contribution in [0.2, 0.25) is 0 Å². The average molecular weight is 268 g/mol. The molecule has 20 heavy (non-hydrogen) atoms. The lowest BCUT2D eigenvalue weighted by atomic mass is 10.2. The molecule has 3 aromatic rings. The summed E-state index contributed by atoms with van der Waals surface area (Å²) in [5, 5.41) is 11.0. The number of hydrogen-bond acceptors (Lipinski definition) is 5. The normalized spacial score (nSPS) is 10.6. The van der Waals surface area contributed by atoms with E-state index in [9.17, 15) is 14.9 Å². The SMILES string of the molecule is O=c1c2cc([N+](=O)[O-])ccc2ncn1-c1ccccn1. The fourth-order valence-electron chi connectivity index (χ4n) is 1.88. The summed E-state index contributed by atoms with van der Waals surface area (Å²) in [6, 6.07) is 9.13. The summed E-state index contributed by atoms with van der Waals surface area (Å²) in [6.45, 7) is 0. The van der Waals surface area contributed by atoms with E-state index in [1.807, 2.05) is 0 Å². The largest absolute Gasteiger partial charge is 0.270 e. The highest BCUT2D eigenvalue weighted by molar-refractivity contribution is 5.80. The third-order valence-electron chi connectivity index (χ3n) is 2.85. The van der Waals surface area contributed by atoms with Gasteiger partial charge in [0.2, 0.25) is 0 Å². The van der Waals surface area contributed by atoms with Crippen LogP contribution in [0.1, 0.15) is 0 Å². The predicted octanol–water partition coefficient (Wildman–Crippen LogP) is 1.69. The highest BCUT2D eigenvalue weighted by atomic mass is 16.6. The standard InChI is InChI=1S/C13H8N4O3/c18-13-10-7-9(17(19)20)4-5-11(10)15-8-16(13)12-3-1-2-6-14-12/h1-8H. The molecule has 3 rings (SSSR count). The fraction of sp³-hybridized carbons (Fsp3) is 0. The second-order valence-corrected chi connectivity index (χ2v) is 4.07. The molecule has 0 unspecified atom stereocenters. The highest BCUT2D eigenvalue weighted by Crippen LogP contribution is 2.16. The van der Waals surface area contributed by atoms with Crippen molar-refractivity contribution in [3.63, 3.8) is 0 Å². The van der Waals surface area contributed by atoms with Gasteiger partial charge in [-0.2, -0.15) is 0 Å². The average Bonchev–Trinajstić information content (AvgIpc) is 2.48.